The third-order valence-corrected chi connectivity index (χ3v) is 4.88. The number of amides is 2. The molecular formula is C18H20N2O3S. The lowest BCUT2D eigenvalue weighted by molar-refractivity contribution is -0.123. The zero-order valence-corrected chi connectivity index (χ0v) is 14.3. The van der Waals surface area contributed by atoms with Crippen LogP contribution in [0.2, 0.25) is 0 Å². The molecule has 0 fully saturated rings. The van der Waals surface area contributed by atoms with Gasteiger partial charge in [-0.15, -0.1) is 11.3 Å². The number of carbonyl (C=O) groups is 2. The molecule has 1 aromatic heterocycles. The molecule has 126 valence electrons. The highest BCUT2D eigenvalue weighted by Crippen LogP contribution is 2.28. The Morgan fingerprint density at radius 1 is 1.29 bits per heavy atom. The zero-order chi connectivity index (χ0) is 16.9. The lowest BCUT2D eigenvalue weighted by Crippen LogP contribution is -2.37. The van der Waals surface area contributed by atoms with Gasteiger partial charge in [-0.2, -0.15) is 0 Å². The van der Waals surface area contributed by atoms with Gasteiger partial charge in [0.05, 0.1) is 19.0 Å². The van der Waals surface area contributed by atoms with Crippen LogP contribution in [0.5, 0.6) is 5.75 Å². The predicted molar refractivity (Wildman–Crippen MR) is 93.1 cm³/mol. The fourth-order valence-corrected chi connectivity index (χ4v) is 3.59. The van der Waals surface area contributed by atoms with Crippen molar-refractivity contribution in [2.75, 3.05) is 6.54 Å². The number of fused-ring (bicyclic) bond motifs is 1. The van der Waals surface area contributed by atoms with Crippen LogP contribution in [0.25, 0.3) is 0 Å². The number of hydrogen-bond donors (Lipinski definition) is 2. The second-order valence-corrected chi connectivity index (χ2v) is 6.81. The van der Waals surface area contributed by atoms with Crippen LogP contribution in [0, 0.1) is 0 Å². The lowest BCUT2D eigenvalue weighted by Gasteiger charge is -2.17. The molecule has 0 bridgehead atoms. The number of hydrogen-bond acceptors (Lipinski definition) is 4. The van der Waals surface area contributed by atoms with Crippen LogP contribution in [-0.2, 0) is 16.0 Å². The summed E-state index contributed by atoms with van der Waals surface area (Å²) in [5.41, 5.74) is 1.17. The van der Waals surface area contributed by atoms with Gasteiger partial charge in [0, 0.05) is 18.2 Å². The predicted octanol–water partition coefficient (Wildman–Crippen LogP) is 2.44. The molecule has 0 saturated heterocycles. The van der Waals surface area contributed by atoms with Gasteiger partial charge < -0.3 is 15.4 Å². The number of benzene rings is 1. The summed E-state index contributed by atoms with van der Waals surface area (Å²) in [6, 6.07) is 11.5. The van der Waals surface area contributed by atoms with E-state index in [0.717, 1.165) is 17.0 Å². The smallest absolute Gasteiger partial charge is 0.222 e. The first-order valence-electron chi connectivity index (χ1n) is 7.93. The molecule has 2 heterocycles. The van der Waals surface area contributed by atoms with Crippen LogP contribution < -0.4 is 15.4 Å². The topological polar surface area (TPSA) is 67.4 Å². The Morgan fingerprint density at radius 2 is 2.12 bits per heavy atom. The van der Waals surface area contributed by atoms with E-state index < -0.39 is 0 Å². The maximum atomic E-state index is 12.2. The third-order valence-electron chi connectivity index (χ3n) is 3.89. The summed E-state index contributed by atoms with van der Waals surface area (Å²) in [4.78, 5) is 24.6. The van der Waals surface area contributed by atoms with E-state index in [4.69, 9.17) is 4.74 Å². The van der Waals surface area contributed by atoms with Crippen molar-refractivity contribution in [1.82, 2.24) is 10.6 Å². The fraction of sp³-hybridized carbons (Fsp3) is 0.333. The van der Waals surface area contributed by atoms with Gasteiger partial charge in [-0.25, -0.2) is 0 Å². The average Bonchev–Trinajstić information content (AvgIpc) is 3.21. The summed E-state index contributed by atoms with van der Waals surface area (Å²) < 4.78 is 5.82. The number of nitrogens with one attached hydrogen (secondary N) is 2. The van der Waals surface area contributed by atoms with Crippen molar-refractivity contribution in [1.29, 1.82) is 0 Å². The standard InChI is InChI=1S/C18H20N2O3S/c1-12(21)20-15(17-7-4-8-24-17)10-18(22)19-11-14-9-13-5-2-3-6-16(13)23-14/h2-8,14-15H,9-11H2,1H3,(H,19,22)(H,20,21)/t14-,15-/m0/s1. The fourth-order valence-electron chi connectivity index (χ4n) is 2.81. The maximum absolute atomic E-state index is 12.2. The van der Waals surface area contributed by atoms with E-state index in [1.165, 1.54) is 23.8 Å². The summed E-state index contributed by atoms with van der Waals surface area (Å²) in [5, 5.41) is 7.69. The van der Waals surface area contributed by atoms with E-state index >= 15 is 0 Å². The van der Waals surface area contributed by atoms with Gasteiger partial charge in [-0.1, -0.05) is 24.3 Å². The summed E-state index contributed by atoms with van der Waals surface area (Å²) in [6.45, 7) is 1.92. The van der Waals surface area contributed by atoms with Crippen LogP contribution in [0.1, 0.15) is 29.8 Å². The molecule has 1 aliphatic rings. The highest BCUT2D eigenvalue weighted by molar-refractivity contribution is 7.10. The monoisotopic (exact) mass is 344 g/mol. The number of rotatable bonds is 6. The van der Waals surface area contributed by atoms with E-state index in [2.05, 4.69) is 10.6 Å². The number of carbonyl (C=O) groups excluding carboxylic acids is 2. The van der Waals surface area contributed by atoms with E-state index in [1.807, 2.05) is 41.8 Å². The lowest BCUT2D eigenvalue weighted by atomic mass is 10.1. The molecule has 3 rings (SSSR count). The molecular weight excluding hydrogens is 324 g/mol. The van der Waals surface area contributed by atoms with Crippen molar-refractivity contribution < 1.29 is 14.3 Å². The molecule has 0 spiro atoms. The molecule has 5 nitrogen and oxygen atoms in total. The van der Waals surface area contributed by atoms with Crippen molar-refractivity contribution >= 4 is 23.2 Å². The van der Waals surface area contributed by atoms with Gasteiger partial charge in [-0.05, 0) is 23.1 Å². The number of ether oxygens (including phenoxy) is 1. The Hall–Kier alpha value is -2.34. The molecule has 0 radical (unpaired) electrons. The minimum absolute atomic E-state index is 0.0349. The highest BCUT2D eigenvalue weighted by atomic mass is 32.1. The first-order valence-corrected chi connectivity index (χ1v) is 8.81. The van der Waals surface area contributed by atoms with E-state index in [-0.39, 0.29) is 30.4 Å². The van der Waals surface area contributed by atoms with Crippen molar-refractivity contribution in [3.05, 3.63) is 52.2 Å². The van der Waals surface area contributed by atoms with Crippen LogP contribution in [0.4, 0.5) is 0 Å². The average molecular weight is 344 g/mol. The van der Waals surface area contributed by atoms with Gasteiger partial charge in [-0.3, -0.25) is 9.59 Å². The second kappa shape index (κ2) is 7.49. The van der Waals surface area contributed by atoms with Crippen molar-refractivity contribution in [3.8, 4) is 5.75 Å². The molecule has 6 heteroatoms. The highest BCUT2D eigenvalue weighted by Gasteiger charge is 2.24. The van der Waals surface area contributed by atoms with Gasteiger partial charge in [0.2, 0.25) is 11.8 Å². The Labute approximate surface area is 145 Å². The second-order valence-electron chi connectivity index (χ2n) is 5.83. The van der Waals surface area contributed by atoms with Crippen LogP contribution in [0.15, 0.2) is 41.8 Å². The molecule has 1 aromatic carbocycles. The third kappa shape index (κ3) is 4.14. The largest absolute Gasteiger partial charge is 0.488 e. The minimum Gasteiger partial charge on any atom is -0.488 e. The quantitative estimate of drug-likeness (QED) is 0.846. The Kier molecular flexibility index (Phi) is 5.15. The molecule has 2 N–H and O–H groups in total. The number of thiophene rings is 1. The SMILES string of the molecule is CC(=O)N[C@@H](CC(=O)NC[C@@H]1Cc2ccccc2O1)c1cccs1. The van der Waals surface area contributed by atoms with E-state index in [1.54, 1.807) is 0 Å². The van der Waals surface area contributed by atoms with E-state index in [9.17, 15) is 9.59 Å². The molecule has 0 saturated carbocycles. The zero-order valence-electron chi connectivity index (χ0n) is 13.5. The minimum atomic E-state index is -0.288. The van der Waals surface area contributed by atoms with Crippen LogP contribution in [0.3, 0.4) is 0 Å². The van der Waals surface area contributed by atoms with Crippen molar-refractivity contribution in [2.45, 2.75) is 31.9 Å². The molecule has 2 aromatic rings. The first kappa shape index (κ1) is 16.5. The molecule has 1 aliphatic heterocycles. The van der Waals surface area contributed by atoms with Gasteiger partial charge in [0.1, 0.15) is 11.9 Å². The molecule has 2 amide bonds. The first-order chi connectivity index (χ1) is 11.6. The molecule has 0 unspecified atom stereocenters. The normalized spacial score (nSPS) is 16.8. The summed E-state index contributed by atoms with van der Waals surface area (Å²) in [6.07, 6.45) is 0.989. The van der Waals surface area contributed by atoms with Gasteiger partial charge in [0.25, 0.3) is 0 Å². The maximum Gasteiger partial charge on any atom is 0.222 e. The molecule has 24 heavy (non-hydrogen) atoms. The van der Waals surface area contributed by atoms with Gasteiger partial charge >= 0.3 is 0 Å². The summed E-state index contributed by atoms with van der Waals surface area (Å²) >= 11 is 1.53. The van der Waals surface area contributed by atoms with Crippen LogP contribution >= 0.6 is 11.3 Å². The summed E-state index contributed by atoms with van der Waals surface area (Å²) in [7, 11) is 0. The van der Waals surface area contributed by atoms with E-state index in [0.29, 0.717) is 6.54 Å². The van der Waals surface area contributed by atoms with Crippen molar-refractivity contribution in [3.63, 3.8) is 0 Å². The number of para-hydroxylation sites is 1. The summed E-state index contributed by atoms with van der Waals surface area (Å²) in [5.74, 6) is 0.656. The molecule has 2 atom stereocenters. The van der Waals surface area contributed by atoms with Gasteiger partial charge in [0.15, 0.2) is 0 Å². The van der Waals surface area contributed by atoms with Crippen molar-refractivity contribution in [2.24, 2.45) is 0 Å². The van der Waals surface area contributed by atoms with Crippen LogP contribution in [-0.4, -0.2) is 24.5 Å². The Balaban J connectivity index is 1.51. The Bertz CT molecular complexity index is 690. The Morgan fingerprint density at radius 3 is 2.83 bits per heavy atom. The molecule has 0 aliphatic carbocycles.